The molecule has 5 nitrogen and oxygen atoms in total. The van der Waals surface area contributed by atoms with E-state index in [1.165, 1.54) is 0 Å². The van der Waals surface area contributed by atoms with Gasteiger partial charge in [0.15, 0.2) is 0 Å². The highest BCUT2D eigenvalue weighted by molar-refractivity contribution is 5.97. The van der Waals surface area contributed by atoms with E-state index in [2.05, 4.69) is 6.07 Å². The van der Waals surface area contributed by atoms with Crippen molar-refractivity contribution < 1.29 is 14.3 Å². The van der Waals surface area contributed by atoms with Gasteiger partial charge in [-0.25, -0.2) is 0 Å². The fourth-order valence-electron chi connectivity index (χ4n) is 2.68. The molecule has 0 spiro atoms. The zero-order chi connectivity index (χ0) is 16.9. The van der Waals surface area contributed by atoms with Gasteiger partial charge in [0.2, 0.25) is 0 Å². The summed E-state index contributed by atoms with van der Waals surface area (Å²) in [7, 11) is 1.78. The van der Waals surface area contributed by atoms with Crippen molar-refractivity contribution in [2.24, 2.45) is 0 Å². The lowest BCUT2D eigenvalue weighted by atomic mass is 10.1. The number of benzene rings is 2. The van der Waals surface area contributed by atoms with Gasteiger partial charge in [0.25, 0.3) is 5.91 Å². The quantitative estimate of drug-likeness (QED) is 0.867. The first-order valence-electron chi connectivity index (χ1n) is 7.81. The van der Waals surface area contributed by atoms with Crippen LogP contribution in [0.15, 0.2) is 48.5 Å². The Morgan fingerprint density at radius 3 is 2.62 bits per heavy atom. The molecule has 0 aliphatic carbocycles. The molecule has 0 aromatic heterocycles. The van der Waals surface area contributed by atoms with Crippen LogP contribution in [-0.2, 0) is 4.74 Å². The van der Waals surface area contributed by atoms with Gasteiger partial charge in [-0.1, -0.05) is 24.3 Å². The minimum atomic E-state index is -0.115. The number of hydrogen-bond acceptors (Lipinski definition) is 4. The molecule has 2 aromatic carbocycles. The molecule has 1 aliphatic rings. The smallest absolute Gasteiger partial charge is 0.257 e. The lowest BCUT2D eigenvalue weighted by molar-refractivity contribution is 0.0708. The lowest BCUT2D eigenvalue weighted by Gasteiger charge is -2.24. The van der Waals surface area contributed by atoms with Gasteiger partial charge in [-0.05, 0) is 30.7 Å². The highest BCUT2D eigenvalue weighted by atomic mass is 16.5. The first-order chi connectivity index (χ1) is 11.7. The average Bonchev–Trinajstić information content (AvgIpc) is 3.16. The van der Waals surface area contributed by atoms with Crippen LogP contribution in [-0.4, -0.2) is 37.1 Å². The normalized spacial score (nSPS) is 16.4. The minimum Gasteiger partial charge on any atom is -0.455 e. The number of rotatable bonds is 4. The van der Waals surface area contributed by atoms with Gasteiger partial charge in [0.1, 0.15) is 17.6 Å². The Bertz CT molecular complexity index is 776. The molecule has 1 aliphatic heterocycles. The fourth-order valence-corrected chi connectivity index (χ4v) is 2.68. The maximum atomic E-state index is 12.8. The molecule has 1 saturated heterocycles. The van der Waals surface area contributed by atoms with Crippen molar-refractivity contribution >= 4 is 5.91 Å². The largest absolute Gasteiger partial charge is 0.455 e. The summed E-state index contributed by atoms with van der Waals surface area (Å²) in [5.41, 5.74) is 0.900. The summed E-state index contributed by atoms with van der Waals surface area (Å²) in [6.45, 7) is 1.23. The molecule has 0 N–H and O–H groups in total. The van der Waals surface area contributed by atoms with E-state index in [0.717, 1.165) is 6.42 Å². The van der Waals surface area contributed by atoms with E-state index in [9.17, 15) is 10.1 Å². The Hall–Kier alpha value is -2.84. The number of ether oxygens (including phenoxy) is 2. The zero-order valence-corrected chi connectivity index (χ0v) is 13.4. The number of carbonyl (C=O) groups is 1. The molecule has 3 rings (SSSR count). The van der Waals surface area contributed by atoms with E-state index < -0.39 is 0 Å². The summed E-state index contributed by atoms with van der Waals surface area (Å²) in [5.74, 6) is 0.763. The summed E-state index contributed by atoms with van der Waals surface area (Å²) in [5, 5.41) is 9.19. The number of likely N-dealkylation sites (N-methyl/N-ethyl adjacent to an activating group) is 1. The van der Waals surface area contributed by atoms with Gasteiger partial charge in [0.05, 0.1) is 23.8 Å². The van der Waals surface area contributed by atoms with E-state index in [-0.39, 0.29) is 11.9 Å². The molecule has 24 heavy (non-hydrogen) atoms. The monoisotopic (exact) mass is 322 g/mol. The standard InChI is InChI=1S/C19H18N2O3/c1-21(15-10-11-23-13-15)19(22)16-7-3-5-9-18(16)24-17-8-4-2-6-14(17)12-20/h2-9,15H,10-11,13H2,1H3. The SMILES string of the molecule is CN(C(=O)c1ccccc1Oc1ccccc1C#N)C1CCOC1. The van der Waals surface area contributed by atoms with Crippen molar-refractivity contribution in [3.63, 3.8) is 0 Å². The fraction of sp³-hybridized carbons (Fsp3) is 0.263. The molecular formula is C19H18N2O3. The Morgan fingerprint density at radius 2 is 1.92 bits per heavy atom. The summed E-state index contributed by atoms with van der Waals surface area (Å²) >= 11 is 0. The van der Waals surface area contributed by atoms with Crippen LogP contribution in [0.2, 0.25) is 0 Å². The van der Waals surface area contributed by atoms with Gasteiger partial charge >= 0.3 is 0 Å². The minimum absolute atomic E-state index is 0.0805. The number of carbonyl (C=O) groups excluding carboxylic acids is 1. The van der Waals surface area contributed by atoms with E-state index in [4.69, 9.17) is 9.47 Å². The predicted molar refractivity (Wildman–Crippen MR) is 89.0 cm³/mol. The van der Waals surface area contributed by atoms with Crippen LogP contribution < -0.4 is 4.74 Å². The molecule has 5 heteroatoms. The van der Waals surface area contributed by atoms with Crippen LogP contribution in [0.4, 0.5) is 0 Å². The molecule has 2 aromatic rings. The van der Waals surface area contributed by atoms with Gasteiger partial charge < -0.3 is 14.4 Å². The first kappa shape index (κ1) is 16.0. The number of amides is 1. The van der Waals surface area contributed by atoms with E-state index >= 15 is 0 Å². The Kier molecular flexibility index (Phi) is 4.78. The molecule has 1 unspecified atom stereocenters. The second-order valence-electron chi connectivity index (χ2n) is 5.64. The van der Waals surface area contributed by atoms with Crippen molar-refractivity contribution in [1.82, 2.24) is 4.90 Å². The third kappa shape index (κ3) is 3.24. The van der Waals surface area contributed by atoms with Crippen molar-refractivity contribution in [1.29, 1.82) is 5.26 Å². The van der Waals surface area contributed by atoms with E-state index in [1.54, 1.807) is 60.5 Å². The number of hydrogen-bond donors (Lipinski definition) is 0. The molecule has 1 atom stereocenters. The van der Waals surface area contributed by atoms with Crippen molar-refractivity contribution in [2.75, 3.05) is 20.3 Å². The Labute approximate surface area is 141 Å². The third-order valence-corrected chi connectivity index (χ3v) is 4.12. The average molecular weight is 322 g/mol. The Balaban J connectivity index is 1.88. The van der Waals surface area contributed by atoms with Crippen LogP contribution in [0, 0.1) is 11.3 Å². The number of para-hydroxylation sites is 2. The van der Waals surface area contributed by atoms with Crippen LogP contribution in [0.25, 0.3) is 0 Å². The highest BCUT2D eigenvalue weighted by Crippen LogP contribution is 2.29. The highest BCUT2D eigenvalue weighted by Gasteiger charge is 2.26. The summed E-state index contributed by atoms with van der Waals surface area (Å²) in [6, 6.07) is 16.2. The summed E-state index contributed by atoms with van der Waals surface area (Å²) < 4.78 is 11.2. The van der Waals surface area contributed by atoms with Crippen LogP contribution in [0.1, 0.15) is 22.3 Å². The first-order valence-corrected chi connectivity index (χ1v) is 7.81. The van der Waals surface area contributed by atoms with Gasteiger partial charge in [-0.3, -0.25) is 4.79 Å². The van der Waals surface area contributed by atoms with Gasteiger partial charge in [-0.2, -0.15) is 5.26 Å². The molecule has 1 fully saturated rings. The molecule has 1 heterocycles. The Morgan fingerprint density at radius 1 is 1.21 bits per heavy atom. The van der Waals surface area contributed by atoms with Crippen molar-refractivity contribution in [2.45, 2.75) is 12.5 Å². The van der Waals surface area contributed by atoms with Crippen molar-refractivity contribution in [3.05, 3.63) is 59.7 Å². The van der Waals surface area contributed by atoms with Crippen molar-refractivity contribution in [3.8, 4) is 17.6 Å². The number of nitrogens with zero attached hydrogens (tertiary/aromatic N) is 2. The number of nitriles is 1. The topological polar surface area (TPSA) is 62.6 Å². The van der Waals surface area contributed by atoms with Crippen LogP contribution in [0.5, 0.6) is 11.5 Å². The van der Waals surface area contributed by atoms with Crippen LogP contribution >= 0.6 is 0 Å². The third-order valence-electron chi connectivity index (χ3n) is 4.12. The summed E-state index contributed by atoms with van der Waals surface area (Å²) in [4.78, 5) is 14.5. The maximum Gasteiger partial charge on any atom is 0.257 e. The second-order valence-corrected chi connectivity index (χ2v) is 5.64. The molecule has 0 radical (unpaired) electrons. The van der Waals surface area contributed by atoms with E-state index in [1.807, 2.05) is 0 Å². The molecule has 1 amide bonds. The predicted octanol–water partition coefficient (Wildman–Crippen LogP) is 3.21. The molecule has 0 saturated carbocycles. The molecular weight excluding hydrogens is 304 g/mol. The van der Waals surface area contributed by atoms with Gasteiger partial charge in [-0.15, -0.1) is 0 Å². The van der Waals surface area contributed by atoms with Crippen LogP contribution in [0.3, 0.4) is 0 Å². The zero-order valence-electron chi connectivity index (χ0n) is 13.4. The molecule has 0 bridgehead atoms. The van der Waals surface area contributed by atoms with E-state index in [0.29, 0.717) is 35.8 Å². The molecule has 122 valence electrons. The van der Waals surface area contributed by atoms with Gasteiger partial charge in [0, 0.05) is 13.7 Å². The second kappa shape index (κ2) is 7.16. The lowest BCUT2D eigenvalue weighted by Crippen LogP contribution is -2.37. The maximum absolute atomic E-state index is 12.8. The summed E-state index contributed by atoms with van der Waals surface area (Å²) in [6.07, 6.45) is 0.836.